The molecule has 0 saturated carbocycles. The zero-order valence-corrected chi connectivity index (χ0v) is 12.6. The van der Waals surface area contributed by atoms with Crippen molar-refractivity contribution in [2.75, 3.05) is 7.11 Å². The first kappa shape index (κ1) is 14.5. The van der Waals surface area contributed by atoms with E-state index in [1.807, 2.05) is 31.2 Å². The van der Waals surface area contributed by atoms with Gasteiger partial charge in [-0.25, -0.2) is 0 Å². The fourth-order valence-corrected chi connectivity index (χ4v) is 2.26. The van der Waals surface area contributed by atoms with Crippen LogP contribution >= 0.6 is 0 Å². The molecule has 0 aliphatic heterocycles. The van der Waals surface area contributed by atoms with Crippen molar-refractivity contribution in [3.05, 3.63) is 58.9 Å². The summed E-state index contributed by atoms with van der Waals surface area (Å²) in [6.45, 7) is 7.00. The van der Waals surface area contributed by atoms with Crippen LogP contribution in [0, 0.1) is 13.8 Å². The van der Waals surface area contributed by atoms with Gasteiger partial charge in [0.25, 0.3) is 0 Å². The summed E-state index contributed by atoms with van der Waals surface area (Å²) in [5.74, 6) is 0.924. The van der Waals surface area contributed by atoms with Gasteiger partial charge in [0.15, 0.2) is 0 Å². The van der Waals surface area contributed by atoms with Crippen LogP contribution in [-0.4, -0.2) is 12.1 Å². The van der Waals surface area contributed by atoms with Crippen LogP contribution in [0.3, 0.4) is 0 Å². The minimum atomic E-state index is 0.215. The van der Waals surface area contributed by atoms with Gasteiger partial charge in [-0.2, -0.15) is 0 Å². The Kier molecular flexibility index (Phi) is 4.74. The number of benzene rings is 1. The number of ether oxygens (including phenoxy) is 1. The lowest BCUT2D eigenvalue weighted by molar-refractivity contribution is 0.401. The van der Waals surface area contributed by atoms with Crippen LogP contribution < -0.4 is 10.1 Å². The zero-order valence-electron chi connectivity index (χ0n) is 12.6. The summed E-state index contributed by atoms with van der Waals surface area (Å²) in [5, 5.41) is 3.50. The number of pyridine rings is 1. The Morgan fingerprint density at radius 1 is 1.20 bits per heavy atom. The van der Waals surface area contributed by atoms with Gasteiger partial charge in [-0.05, 0) is 39.0 Å². The van der Waals surface area contributed by atoms with Crippen LogP contribution in [0.4, 0.5) is 0 Å². The van der Waals surface area contributed by atoms with E-state index in [0.29, 0.717) is 0 Å². The average Bonchev–Trinajstić information content (AvgIpc) is 2.45. The summed E-state index contributed by atoms with van der Waals surface area (Å²) in [4.78, 5) is 4.51. The Morgan fingerprint density at radius 3 is 2.70 bits per heavy atom. The molecular formula is C17H22N2O. The van der Waals surface area contributed by atoms with Crippen molar-refractivity contribution in [3.8, 4) is 5.75 Å². The number of nitrogens with one attached hydrogen (secondary N) is 1. The first-order valence-electron chi connectivity index (χ1n) is 6.90. The van der Waals surface area contributed by atoms with E-state index in [-0.39, 0.29) is 6.04 Å². The molecule has 1 atom stereocenters. The first-order valence-corrected chi connectivity index (χ1v) is 6.90. The molecule has 0 spiro atoms. The van der Waals surface area contributed by atoms with E-state index in [4.69, 9.17) is 4.74 Å². The smallest absolute Gasteiger partial charge is 0.123 e. The second kappa shape index (κ2) is 6.53. The average molecular weight is 270 g/mol. The topological polar surface area (TPSA) is 34.1 Å². The van der Waals surface area contributed by atoms with Gasteiger partial charge >= 0.3 is 0 Å². The fourth-order valence-electron chi connectivity index (χ4n) is 2.26. The van der Waals surface area contributed by atoms with Crippen molar-refractivity contribution in [2.45, 2.75) is 33.4 Å². The van der Waals surface area contributed by atoms with Crippen LogP contribution in [0.25, 0.3) is 0 Å². The maximum Gasteiger partial charge on any atom is 0.123 e. The van der Waals surface area contributed by atoms with Crippen molar-refractivity contribution in [3.63, 3.8) is 0 Å². The van der Waals surface area contributed by atoms with Crippen LogP contribution in [-0.2, 0) is 6.54 Å². The molecule has 3 nitrogen and oxygen atoms in total. The van der Waals surface area contributed by atoms with E-state index in [2.05, 4.69) is 36.3 Å². The van der Waals surface area contributed by atoms with Crippen molar-refractivity contribution in [1.29, 1.82) is 0 Å². The van der Waals surface area contributed by atoms with E-state index in [9.17, 15) is 0 Å². The molecule has 1 aromatic heterocycles. The Morgan fingerprint density at radius 2 is 2.00 bits per heavy atom. The molecule has 106 valence electrons. The molecule has 2 rings (SSSR count). The monoisotopic (exact) mass is 270 g/mol. The molecule has 0 aliphatic rings. The lowest BCUT2D eigenvalue weighted by atomic mass is 10.0. The van der Waals surface area contributed by atoms with Crippen molar-refractivity contribution in [2.24, 2.45) is 0 Å². The molecule has 3 heteroatoms. The molecule has 1 aromatic carbocycles. The van der Waals surface area contributed by atoms with Crippen molar-refractivity contribution in [1.82, 2.24) is 10.3 Å². The summed E-state index contributed by atoms with van der Waals surface area (Å²) in [5.41, 5.74) is 4.52. The Balaban J connectivity index is 2.08. The van der Waals surface area contributed by atoms with E-state index < -0.39 is 0 Å². The summed E-state index contributed by atoms with van der Waals surface area (Å²) < 4.78 is 5.44. The maximum absolute atomic E-state index is 5.44. The second-order valence-corrected chi connectivity index (χ2v) is 5.12. The summed E-state index contributed by atoms with van der Waals surface area (Å²) in [7, 11) is 1.71. The van der Waals surface area contributed by atoms with Gasteiger partial charge < -0.3 is 10.1 Å². The standard InChI is InChI=1S/C17H22N2O/c1-12-8-9-17(20-4)16(10-12)14(3)18-11-15-7-5-6-13(2)19-15/h5-10,14,18H,11H2,1-4H3. The molecule has 1 heterocycles. The number of aromatic nitrogens is 1. The molecule has 0 fully saturated rings. The summed E-state index contributed by atoms with van der Waals surface area (Å²) in [6, 6.07) is 12.6. The third kappa shape index (κ3) is 3.58. The lowest BCUT2D eigenvalue weighted by Crippen LogP contribution is -2.19. The Hall–Kier alpha value is -1.87. The highest BCUT2D eigenvalue weighted by Gasteiger charge is 2.11. The van der Waals surface area contributed by atoms with E-state index in [1.165, 1.54) is 11.1 Å². The second-order valence-electron chi connectivity index (χ2n) is 5.12. The minimum absolute atomic E-state index is 0.215. The van der Waals surface area contributed by atoms with Crippen LogP contribution in [0.5, 0.6) is 5.75 Å². The molecule has 1 N–H and O–H groups in total. The SMILES string of the molecule is COc1ccc(C)cc1C(C)NCc1cccc(C)n1. The molecule has 0 saturated heterocycles. The minimum Gasteiger partial charge on any atom is -0.496 e. The first-order chi connectivity index (χ1) is 9.60. The van der Waals surface area contributed by atoms with E-state index in [1.54, 1.807) is 7.11 Å². The number of methoxy groups -OCH3 is 1. The summed E-state index contributed by atoms with van der Waals surface area (Å²) in [6.07, 6.45) is 0. The van der Waals surface area contributed by atoms with E-state index in [0.717, 1.165) is 23.7 Å². The number of aryl methyl sites for hydroxylation is 2. The van der Waals surface area contributed by atoms with Gasteiger partial charge in [-0.1, -0.05) is 23.8 Å². The number of nitrogens with zero attached hydrogens (tertiary/aromatic N) is 1. The molecule has 20 heavy (non-hydrogen) atoms. The van der Waals surface area contributed by atoms with Gasteiger partial charge in [0, 0.05) is 23.8 Å². The predicted octanol–water partition coefficient (Wildman–Crippen LogP) is 3.56. The molecule has 1 unspecified atom stereocenters. The van der Waals surface area contributed by atoms with Gasteiger partial charge in [-0.3, -0.25) is 4.98 Å². The third-order valence-corrected chi connectivity index (χ3v) is 3.39. The molecule has 0 aliphatic carbocycles. The zero-order chi connectivity index (χ0) is 14.5. The fraction of sp³-hybridized carbons (Fsp3) is 0.353. The van der Waals surface area contributed by atoms with Gasteiger partial charge in [0.05, 0.1) is 12.8 Å². The summed E-state index contributed by atoms with van der Waals surface area (Å²) >= 11 is 0. The van der Waals surface area contributed by atoms with Gasteiger partial charge in [-0.15, -0.1) is 0 Å². The Bertz CT molecular complexity index is 581. The highest BCUT2D eigenvalue weighted by Crippen LogP contribution is 2.26. The lowest BCUT2D eigenvalue weighted by Gasteiger charge is -2.18. The molecule has 0 bridgehead atoms. The number of rotatable bonds is 5. The molecule has 0 amide bonds. The van der Waals surface area contributed by atoms with Gasteiger partial charge in [0.2, 0.25) is 0 Å². The third-order valence-electron chi connectivity index (χ3n) is 3.39. The van der Waals surface area contributed by atoms with Crippen LogP contribution in [0.2, 0.25) is 0 Å². The van der Waals surface area contributed by atoms with E-state index >= 15 is 0 Å². The quantitative estimate of drug-likeness (QED) is 0.902. The number of hydrogen-bond acceptors (Lipinski definition) is 3. The predicted molar refractivity (Wildman–Crippen MR) is 82.0 cm³/mol. The maximum atomic E-state index is 5.44. The number of hydrogen-bond donors (Lipinski definition) is 1. The molecule has 0 radical (unpaired) electrons. The molecular weight excluding hydrogens is 248 g/mol. The largest absolute Gasteiger partial charge is 0.496 e. The highest BCUT2D eigenvalue weighted by atomic mass is 16.5. The molecule has 2 aromatic rings. The van der Waals surface area contributed by atoms with Gasteiger partial charge in [0.1, 0.15) is 5.75 Å². The Labute approximate surface area is 121 Å². The van der Waals surface area contributed by atoms with Crippen LogP contribution in [0.15, 0.2) is 36.4 Å². The normalized spacial score (nSPS) is 12.2. The van der Waals surface area contributed by atoms with Crippen molar-refractivity contribution >= 4 is 0 Å². The van der Waals surface area contributed by atoms with Crippen molar-refractivity contribution < 1.29 is 4.74 Å². The highest BCUT2D eigenvalue weighted by molar-refractivity contribution is 5.38. The van der Waals surface area contributed by atoms with Crippen LogP contribution in [0.1, 0.15) is 35.5 Å².